The van der Waals surface area contributed by atoms with E-state index in [-0.39, 0.29) is 5.54 Å². The van der Waals surface area contributed by atoms with Crippen LogP contribution in [-0.2, 0) is 4.79 Å². The third-order valence-electron chi connectivity index (χ3n) is 4.14. The Balaban J connectivity index is 1.82. The molecule has 2 fully saturated rings. The van der Waals surface area contributed by atoms with Crippen molar-refractivity contribution in [3.8, 4) is 0 Å². The fraction of sp³-hybridized carbons (Fsp3) is 0.923. The number of piperazine rings is 2. The van der Waals surface area contributed by atoms with E-state index in [0.717, 1.165) is 65.3 Å². The van der Waals surface area contributed by atoms with Gasteiger partial charge >= 0.3 is 0 Å². The Hall–Kier alpha value is -0.650. The molecule has 0 bridgehead atoms. The third-order valence-corrected chi connectivity index (χ3v) is 4.14. The lowest BCUT2D eigenvalue weighted by atomic mass is 10.0. The van der Waals surface area contributed by atoms with Crippen LogP contribution in [0.2, 0.25) is 0 Å². The highest BCUT2D eigenvalue weighted by atomic mass is 16.1. The quantitative estimate of drug-likeness (QED) is 0.683. The van der Waals surface area contributed by atoms with Gasteiger partial charge in [0.05, 0.1) is 0 Å². The molecule has 2 aliphatic rings. The summed E-state index contributed by atoms with van der Waals surface area (Å²) in [4.78, 5) is 17.6. The molecule has 0 aromatic carbocycles. The predicted molar refractivity (Wildman–Crippen MR) is 72.6 cm³/mol. The van der Waals surface area contributed by atoms with Gasteiger partial charge in [-0.05, 0) is 13.8 Å². The molecule has 2 aliphatic heterocycles. The van der Waals surface area contributed by atoms with Crippen LogP contribution in [0.5, 0.6) is 0 Å². The summed E-state index contributed by atoms with van der Waals surface area (Å²) in [5.41, 5.74) is 0.228. The van der Waals surface area contributed by atoms with Crippen molar-refractivity contribution in [3.63, 3.8) is 0 Å². The highest BCUT2D eigenvalue weighted by molar-refractivity contribution is 5.47. The first-order valence-electron chi connectivity index (χ1n) is 6.99. The van der Waals surface area contributed by atoms with E-state index in [1.54, 1.807) is 0 Å². The van der Waals surface area contributed by atoms with Crippen molar-refractivity contribution in [2.24, 2.45) is 0 Å². The maximum absolute atomic E-state index is 10.7. The Morgan fingerprint density at radius 2 is 1.67 bits per heavy atom. The van der Waals surface area contributed by atoms with Crippen molar-refractivity contribution in [1.29, 1.82) is 0 Å². The minimum atomic E-state index is 0.228. The lowest BCUT2D eigenvalue weighted by Gasteiger charge is -2.45. The van der Waals surface area contributed by atoms with E-state index < -0.39 is 0 Å². The van der Waals surface area contributed by atoms with E-state index in [1.807, 2.05) is 4.90 Å². The Labute approximate surface area is 110 Å². The van der Waals surface area contributed by atoms with E-state index in [0.29, 0.717) is 0 Å². The minimum Gasteiger partial charge on any atom is -0.343 e. The van der Waals surface area contributed by atoms with Crippen molar-refractivity contribution in [2.45, 2.75) is 19.4 Å². The first-order valence-corrected chi connectivity index (χ1v) is 6.99. The van der Waals surface area contributed by atoms with Crippen LogP contribution in [0.15, 0.2) is 0 Å². The third kappa shape index (κ3) is 3.43. The Kier molecular flexibility index (Phi) is 4.59. The van der Waals surface area contributed by atoms with Gasteiger partial charge in [0.2, 0.25) is 6.41 Å². The Morgan fingerprint density at radius 3 is 2.22 bits per heavy atom. The van der Waals surface area contributed by atoms with Crippen molar-refractivity contribution in [3.05, 3.63) is 0 Å². The molecule has 0 spiro atoms. The van der Waals surface area contributed by atoms with E-state index in [1.165, 1.54) is 0 Å². The summed E-state index contributed by atoms with van der Waals surface area (Å²) >= 11 is 0. The van der Waals surface area contributed by atoms with Gasteiger partial charge in [-0.2, -0.15) is 0 Å². The van der Waals surface area contributed by atoms with Gasteiger partial charge in [0.15, 0.2) is 0 Å². The fourth-order valence-electron chi connectivity index (χ4n) is 2.94. The molecule has 5 nitrogen and oxygen atoms in total. The molecule has 1 N–H and O–H groups in total. The molecule has 18 heavy (non-hydrogen) atoms. The maximum Gasteiger partial charge on any atom is 0.209 e. The Morgan fingerprint density at radius 1 is 1.06 bits per heavy atom. The van der Waals surface area contributed by atoms with Gasteiger partial charge in [-0.1, -0.05) is 0 Å². The van der Waals surface area contributed by atoms with E-state index in [9.17, 15) is 4.79 Å². The molecule has 0 aliphatic carbocycles. The van der Waals surface area contributed by atoms with Crippen LogP contribution < -0.4 is 5.32 Å². The summed E-state index contributed by atoms with van der Waals surface area (Å²) in [6, 6.07) is 0. The van der Waals surface area contributed by atoms with Crippen molar-refractivity contribution >= 4 is 6.41 Å². The monoisotopic (exact) mass is 254 g/mol. The molecule has 0 aromatic heterocycles. The minimum absolute atomic E-state index is 0.228. The average Bonchev–Trinajstić information content (AvgIpc) is 2.40. The molecule has 0 unspecified atom stereocenters. The summed E-state index contributed by atoms with van der Waals surface area (Å²) in [5, 5.41) is 3.40. The number of hydrogen-bond donors (Lipinski definition) is 1. The van der Waals surface area contributed by atoms with E-state index >= 15 is 0 Å². The molecule has 104 valence electrons. The van der Waals surface area contributed by atoms with Crippen LogP contribution in [-0.4, -0.2) is 85.6 Å². The molecule has 1 amide bonds. The highest BCUT2D eigenvalue weighted by Gasteiger charge is 2.30. The fourth-order valence-corrected chi connectivity index (χ4v) is 2.94. The smallest absolute Gasteiger partial charge is 0.209 e. The van der Waals surface area contributed by atoms with Gasteiger partial charge < -0.3 is 10.2 Å². The molecule has 0 aromatic rings. The molecular weight excluding hydrogens is 228 g/mol. The van der Waals surface area contributed by atoms with Crippen LogP contribution in [0.3, 0.4) is 0 Å². The number of carbonyl (C=O) groups excluding carboxylic acids is 1. The highest BCUT2D eigenvalue weighted by Crippen LogP contribution is 2.17. The van der Waals surface area contributed by atoms with Crippen molar-refractivity contribution in [1.82, 2.24) is 20.0 Å². The zero-order valence-corrected chi connectivity index (χ0v) is 11.7. The summed E-state index contributed by atoms with van der Waals surface area (Å²) in [7, 11) is 0. The Bertz CT molecular complexity index is 268. The lowest BCUT2D eigenvalue weighted by molar-refractivity contribution is -0.119. The zero-order valence-electron chi connectivity index (χ0n) is 11.7. The maximum atomic E-state index is 10.7. The van der Waals surface area contributed by atoms with Gasteiger partial charge in [0, 0.05) is 64.4 Å². The number of carbonyl (C=O) groups is 1. The van der Waals surface area contributed by atoms with Gasteiger partial charge in [-0.15, -0.1) is 0 Å². The number of nitrogens with zero attached hydrogens (tertiary/aromatic N) is 3. The van der Waals surface area contributed by atoms with Crippen molar-refractivity contribution in [2.75, 3.05) is 58.9 Å². The summed E-state index contributed by atoms with van der Waals surface area (Å²) in [5.74, 6) is 0. The zero-order chi connectivity index (χ0) is 13.0. The normalized spacial score (nSPS) is 24.2. The summed E-state index contributed by atoms with van der Waals surface area (Å²) in [6.45, 7) is 14.0. The lowest BCUT2D eigenvalue weighted by Crippen LogP contribution is -2.59. The molecule has 2 heterocycles. The number of nitrogens with one attached hydrogen (secondary N) is 1. The molecule has 0 atom stereocenters. The molecule has 2 rings (SSSR count). The molecule has 2 saturated heterocycles. The second-order valence-electron chi connectivity index (χ2n) is 5.97. The molecule has 5 heteroatoms. The predicted octanol–water partition coefficient (Wildman–Crippen LogP) is -0.556. The molecule has 0 radical (unpaired) electrons. The van der Waals surface area contributed by atoms with Crippen LogP contribution in [0.1, 0.15) is 13.8 Å². The first kappa shape index (κ1) is 13.8. The number of hydrogen-bond acceptors (Lipinski definition) is 4. The second kappa shape index (κ2) is 5.99. The average molecular weight is 254 g/mol. The molecular formula is C13H26N4O. The van der Waals surface area contributed by atoms with E-state index in [4.69, 9.17) is 0 Å². The summed E-state index contributed by atoms with van der Waals surface area (Å²) in [6.07, 6.45) is 0.971. The van der Waals surface area contributed by atoms with Gasteiger partial charge in [-0.3, -0.25) is 14.6 Å². The van der Waals surface area contributed by atoms with Gasteiger partial charge in [0.1, 0.15) is 0 Å². The first-order chi connectivity index (χ1) is 8.62. The molecule has 0 saturated carbocycles. The largest absolute Gasteiger partial charge is 0.343 e. The summed E-state index contributed by atoms with van der Waals surface area (Å²) < 4.78 is 0. The van der Waals surface area contributed by atoms with Gasteiger partial charge in [0.25, 0.3) is 0 Å². The number of amides is 1. The van der Waals surface area contributed by atoms with Crippen LogP contribution in [0.25, 0.3) is 0 Å². The van der Waals surface area contributed by atoms with E-state index in [2.05, 4.69) is 29.0 Å². The van der Waals surface area contributed by atoms with Crippen LogP contribution in [0.4, 0.5) is 0 Å². The van der Waals surface area contributed by atoms with Gasteiger partial charge in [-0.25, -0.2) is 0 Å². The van der Waals surface area contributed by atoms with Crippen molar-refractivity contribution < 1.29 is 4.79 Å². The number of rotatable bonds is 4. The standard InChI is InChI=1S/C13H26N4O/c1-13(2,17-5-3-14-4-6-17)11-15-7-9-16(12-18)10-8-15/h12,14H,3-11H2,1-2H3. The second-order valence-corrected chi connectivity index (χ2v) is 5.97. The van der Waals surface area contributed by atoms with Crippen LogP contribution in [0, 0.1) is 0 Å². The SMILES string of the molecule is CC(C)(CN1CCN(C=O)CC1)N1CCNCC1. The van der Waals surface area contributed by atoms with Crippen LogP contribution >= 0.6 is 0 Å². The topological polar surface area (TPSA) is 38.8 Å².